The summed E-state index contributed by atoms with van der Waals surface area (Å²) in [6.45, 7) is 3.41. The summed E-state index contributed by atoms with van der Waals surface area (Å²) in [4.78, 5) is 7.89. The second-order valence-electron chi connectivity index (χ2n) is 5.83. The third-order valence-corrected chi connectivity index (χ3v) is 4.13. The number of nitrogens with one attached hydrogen (secondary N) is 2. The lowest BCUT2D eigenvalue weighted by Gasteiger charge is -2.33. The van der Waals surface area contributed by atoms with Crippen LogP contribution in [-0.4, -0.2) is 16.5 Å². The Morgan fingerprint density at radius 3 is 2.78 bits per heavy atom. The van der Waals surface area contributed by atoms with Crippen LogP contribution in [0.25, 0.3) is 11.0 Å². The molecule has 96 valence electrons. The Bertz CT molecular complexity index is 490. The number of imidazole rings is 1. The third-order valence-electron chi connectivity index (χ3n) is 4.13. The largest absolute Gasteiger partial charge is 0.355 e. The number of aromatic amines is 1. The van der Waals surface area contributed by atoms with Gasteiger partial charge in [-0.3, -0.25) is 0 Å². The van der Waals surface area contributed by atoms with E-state index in [1.54, 1.807) is 0 Å². The molecular formula is C15H21N3. The fourth-order valence-electron chi connectivity index (χ4n) is 2.92. The first-order valence-corrected chi connectivity index (χ1v) is 6.94. The normalized spacial score (nSPS) is 18.9. The van der Waals surface area contributed by atoms with E-state index in [4.69, 9.17) is 0 Å². The van der Waals surface area contributed by atoms with Crippen LogP contribution in [-0.2, 0) is 0 Å². The zero-order valence-electron chi connectivity index (χ0n) is 11.0. The maximum absolute atomic E-state index is 4.56. The van der Waals surface area contributed by atoms with Gasteiger partial charge in [0.15, 0.2) is 0 Å². The van der Waals surface area contributed by atoms with Gasteiger partial charge in [-0.05, 0) is 30.4 Å². The molecule has 0 spiro atoms. The molecule has 3 heteroatoms. The number of hydrogen-bond acceptors (Lipinski definition) is 2. The molecule has 0 aliphatic heterocycles. The lowest BCUT2D eigenvalue weighted by Crippen LogP contribution is -2.29. The highest BCUT2D eigenvalue weighted by atomic mass is 15.1. The van der Waals surface area contributed by atoms with Crippen LogP contribution in [0, 0.1) is 5.41 Å². The van der Waals surface area contributed by atoms with Crippen LogP contribution in [0.1, 0.15) is 39.0 Å². The third kappa shape index (κ3) is 2.35. The van der Waals surface area contributed by atoms with Gasteiger partial charge in [0.25, 0.3) is 0 Å². The maximum Gasteiger partial charge on any atom is 0.201 e. The van der Waals surface area contributed by atoms with Crippen LogP contribution in [0.15, 0.2) is 24.3 Å². The van der Waals surface area contributed by atoms with Gasteiger partial charge in [0.1, 0.15) is 0 Å². The van der Waals surface area contributed by atoms with Gasteiger partial charge < -0.3 is 10.3 Å². The average Bonchev–Trinajstić information content (AvgIpc) is 2.80. The van der Waals surface area contributed by atoms with Gasteiger partial charge in [-0.2, -0.15) is 0 Å². The summed E-state index contributed by atoms with van der Waals surface area (Å²) in [7, 11) is 0. The highest BCUT2D eigenvalue weighted by Crippen LogP contribution is 2.35. The molecule has 1 aliphatic rings. The van der Waals surface area contributed by atoms with Crippen molar-refractivity contribution >= 4 is 17.0 Å². The first-order chi connectivity index (χ1) is 8.75. The van der Waals surface area contributed by atoms with Crippen LogP contribution in [0.4, 0.5) is 5.95 Å². The van der Waals surface area contributed by atoms with Crippen molar-refractivity contribution in [3.63, 3.8) is 0 Å². The summed E-state index contributed by atoms with van der Waals surface area (Å²) in [5, 5.41) is 3.48. The van der Waals surface area contributed by atoms with Gasteiger partial charge in [0.05, 0.1) is 11.0 Å². The van der Waals surface area contributed by atoms with Crippen LogP contribution >= 0.6 is 0 Å². The summed E-state index contributed by atoms with van der Waals surface area (Å²) < 4.78 is 0. The minimum absolute atomic E-state index is 0.442. The number of aromatic nitrogens is 2. The van der Waals surface area contributed by atoms with Gasteiger partial charge in [-0.25, -0.2) is 4.98 Å². The number of benzene rings is 1. The average molecular weight is 243 g/mol. The molecule has 1 fully saturated rings. The number of fused-ring (bicyclic) bond motifs is 1. The molecule has 3 nitrogen and oxygen atoms in total. The van der Waals surface area contributed by atoms with Crippen molar-refractivity contribution in [3.8, 4) is 0 Å². The fraction of sp³-hybridized carbons (Fsp3) is 0.533. The molecule has 18 heavy (non-hydrogen) atoms. The van der Waals surface area contributed by atoms with Crippen molar-refractivity contribution in [2.45, 2.75) is 39.0 Å². The summed E-state index contributed by atoms with van der Waals surface area (Å²) in [6.07, 6.45) is 6.82. The molecule has 0 atom stereocenters. The molecule has 1 aromatic carbocycles. The zero-order chi connectivity index (χ0) is 12.4. The van der Waals surface area contributed by atoms with E-state index in [1.165, 1.54) is 32.1 Å². The summed E-state index contributed by atoms with van der Waals surface area (Å²) in [6, 6.07) is 8.16. The summed E-state index contributed by atoms with van der Waals surface area (Å²) >= 11 is 0. The molecule has 1 saturated carbocycles. The van der Waals surface area contributed by atoms with Gasteiger partial charge >= 0.3 is 0 Å². The van der Waals surface area contributed by atoms with E-state index in [9.17, 15) is 0 Å². The van der Waals surface area contributed by atoms with Gasteiger partial charge in [0, 0.05) is 6.54 Å². The second kappa shape index (κ2) is 4.63. The van der Waals surface area contributed by atoms with E-state index in [0.717, 1.165) is 23.5 Å². The van der Waals surface area contributed by atoms with Crippen molar-refractivity contribution in [3.05, 3.63) is 24.3 Å². The van der Waals surface area contributed by atoms with E-state index in [0.29, 0.717) is 5.41 Å². The minimum atomic E-state index is 0.442. The monoisotopic (exact) mass is 243 g/mol. The van der Waals surface area contributed by atoms with Crippen molar-refractivity contribution < 1.29 is 0 Å². The number of H-pyrrole nitrogens is 1. The van der Waals surface area contributed by atoms with Gasteiger partial charge in [0.2, 0.25) is 5.95 Å². The Morgan fingerprint density at radius 2 is 2.00 bits per heavy atom. The molecule has 0 bridgehead atoms. The molecule has 1 aromatic heterocycles. The standard InChI is InChI=1S/C15H21N3/c1-15(9-5-2-6-10-15)11-16-14-17-12-7-3-4-8-13(12)18-14/h3-4,7-8H,2,5-6,9-11H2,1H3,(H2,16,17,18). The Balaban J connectivity index is 1.69. The number of anilines is 1. The first-order valence-electron chi connectivity index (χ1n) is 6.94. The highest BCUT2D eigenvalue weighted by Gasteiger charge is 2.26. The zero-order valence-corrected chi connectivity index (χ0v) is 11.0. The van der Waals surface area contributed by atoms with Crippen LogP contribution in [0.5, 0.6) is 0 Å². The molecule has 0 saturated heterocycles. The van der Waals surface area contributed by atoms with E-state index in [2.05, 4.69) is 28.3 Å². The Hall–Kier alpha value is -1.51. The van der Waals surface area contributed by atoms with Gasteiger partial charge in [-0.1, -0.05) is 38.3 Å². The van der Waals surface area contributed by atoms with E-state index < -0.39 is 0 Å². The van der Waals surface area contributed by atoms with E-state index in [1.807, 2.05) is 18.2 Å². The molecule has 0 radical (unpaired) electrons. The first kappa shape index (κ1) is 11.6. The number of para-hydroxylation sites is 2. The van der Waals surface area contributed by atoms with Crippen LogP contribution in [0.2, 0.25) is 0 Å². The number of nitrogens with zero attached hydrogens (tertiary/aromatic N) is 1. The van der Waals surface area contributed by atoms with E-state index in [-0.39, 0.29) is 0 Å². The van der Waals surface area contributed by atoms with Crippen molar-refractivity contribution in [2.24, 2.45) is 5.41 Å². The SMILES string of the molecule is CC1(CNc2nc3ccccc3[nH]2)CCCCC1. The fourth-order valence-corrected chi connectivity index (χ4v) is 2.92. The quantitative estimate of drug-likeness (QED) is 0.857. The molecule has 3 rings (SSSR count). The van der Waals surface area contributed by atoms with Crippen molar-refractivity contribution in [1.29, 1.82) is 0 Å². The maximum atomic E-state index is 4.56. The molecule has 0 unspecified atom stereocenters. The Morgan fingerprint density at radius 1 is 1.22 bits per heavy atom. The molecule has 1 heterocycles. The topological polar surface area (TPSA) is 40.7 Å². The predicted octanol–water partition coefficient (Wildman–Crippen LogP) is 3.95. The Labute approximate surface area is 108 Å². The molecule has 2 aromatic rings. The van der Waals surface area contributed by atoms with Gasteiger partial charge in [-0.15, -0.1) is 0 Å². The molecule has 1 aliphatic carbocycles. The second-order valence-corrected chi connectivity index (χ2v) is 5.83. The number of hydrogen-bond donors (Lipinski definition) is 2. The highest BCUT2D eigenvalue weighted by molar-refractivity contribution is 5.77. The summed E-state index contributed by atoms with van der Waals surface area (Å²) in [5.41, 5.74) is 2.58. The molecule has 0 amide bonds. The minimum Gasteiger partial charge on any atom is -0.355 e. The number of rotatable bonds is 3. The Kier molecular flexibility index (Phi) is 2.98. The lowest BCUT2D eigenvalue weighted by atomic mass is 9.76. The van der Waals surface area contributed by atoms with Crippen molar-refractivity contribution in [1.82, 2.24) is 9.97 Å². The summed E-state index contributed by atoms with van der Waals surface area (Å²) in [5.74, 6) is 0.906. The smallest absolute Gasteiger partial charge is 0.201 e. The van der Waals surface area contributed by atoms with Crippen LogP contribution in [0.3, 0.4) is 0 Å². The lowest BCUT2D eigenvalue weighted by molar-refractivity contribution is 0.233. The van der Waals surface area contributed by atoms with Crippen LogP contribution < -0.4 is 5.32 Å². The predicted molar refractivity (Wildman–Crippen MR) is 75.8 cm³/mol. The van der Waals surface area contributed by atoms with E-state index >= 15 is 0 Å². The molecule has 2 N–H and O–H groups in total. The molecular weight excluding hydrogens is 222 g/mol. The van der Waals surface area contributed by atoms with Crippen molar-refractivity contribution in [2.75, 3.05) is 11.9 Å².